The fourth-order valence-corrected chi connectivity index (χ4v) is 5.84. The van der Waals surface area contributed by atoms with Crippen LogP contribution in [0.1, 0.15) is 74.2 Å². The van der Waals surface area contributed by atoms with Crippen molar-refractivity contribution in [3.8, 4) is 11.4 Å². The lowest BCUT2D eigenvalue weighted by molar-refractivity contribution is -0.182. The molecule has 0 amide bonds. The van der Waals surface area contributed by atoms with Crippen molar-refractivity contribution >= 4 is 0 Å². The van der Waals surface area contributed by atoms with Gasteiger partial charge in [-0.25, -0.2) is 9.97 Å². The zero-order chi connectivity index (χ0) is 22.4. The molecule has 32 heavy (non-hydrogen) atoms. The Hall–Kier alpha value is -1.86. The summed E-state index contributed by atoms with van der Waals surface area (Å²) in [5.41, 5.74) is 8.48. The van der Waals surface area contributed by atoms with E-state index in [0.717, 1.165) is 48.5 Å². The van der Waals surface area contributed by atoms with Gasteiger partial charge in [-0.1, -0.05) is 0 Å². The molecule has 0 bridgehead atoms. The van der Waals surface area contributed by atoms with E-state index >= 15 is 0 Å². The molecule has 0 radical (unpaired) electrons. The third-order valence-corrected chi connectivity index (χ3v) is 7.91. The van der Waals surface area contributed by atoms with E-state index in [1.165, 1.54) is 22.3 Å². The first-order valence-corrected chi connectivity index (χ1v) is 11.9. The van der Waals surface area contributed by atoms with Gasteiger partial charge in [0.2, 0.25) is 11.6 Å². The van der Waals surface area contributed by atoms with Gasteiger partial charge in [0.25, 0.3) is 0 Å². The highest BCUT2D eigenvalue weighted by Crippen LogP contribution is 2.49. The maximum absolute atomic E-state index is 6.35. The Morgan fingerprint density at radius 3 is 1.34 bits per heavy atom. The van der Waals surface area contributed by atoms with Crippen molar-refractivity contribution in [2.75, 3.05) is 0 Å². The molecular formula is C26H32N2O4. The van der Waals surface area contributed by atoms with Crippen LogP contribution in [-0.2, 0) is 43.4 Å². The summed E-state index contributed by atoms with van der Waals surface area (Å²) in [6.07, 6.45) is 3.66. The molecule has 0 N–H and O–H groups in total. The molecule has 0 aromatic carbocycles. The highest BCUT2D eigenvalue weighted by molar-refractivity contribution is 5.61. The number of hydrogen-bond donors (Lipinski definition) is 0. The molecule has 0 saturated carbocycles. The van der Waals surface area contributed by atoms with Crippen LogP contribution in [-0.4, -0.2) is 34.4 Å². The van der Waals surface area contributed by atoms with Crippen LogP contribution in [0.25, 0.3) is 11.4 Å². The molecular weight excluding hydrogens is 404 g/mol. The van der Waals surface area contributed by atoms with Gasteiger partial charge in [0.15, 0.2) is 0 Å². The van der Waals surface area contributed by atoms with Gasteiger partial charge >= 0.3 is 0 Å². The Morgan fingerprint density at radius 1 is 0.656 bits per heavy atom. The fraction of sp³-hybridized carbons (Fsp3) is 0.615. The molecule has 6 heteroatoms. The maximum atomic E-state index is 6.35. The van der Waals surface area contributed by atoms with Crippen molar-refractivity contribution < 1.29 is 18.9 Å². The van der Waals surface area contributed by atoms with E-state index in [2.05, 4.69) is 53.7 Å². The highest BCUT2D eigenvalue weighted by Gasteiger charge is 2.52. The first kappa shape index (κ1) is 20.7. The molecule has 2 spiro atoms. The minimum absolute atomic E-state index is 0.0487. The SMILES string of the molecule is Cc1cc(-c2cc(C)c3c(n2)C2(CC3)O[C@@H](C)[C@H](C)O2)nc2c1CCC21O[C@@H](C)[C@H](C)O1. The van der Waals surface area contributed by atoms with Gasteiger partial charge in [-0.2, -0.15) is 0 Å². The highest BCUT2D eigenvalue weighted by atomic mass is 16.8. The van der Waals surface area contributed by atoms with E-state index in [9.17, 15) is 0 Å². The molecule has 2 aliphatic heterocycles. The lowest BCUT2D eigenvalue weighted by atomic mass is 10.0. The molecule has 170 valence electrons. The van der Waals surface area contributed by atoms with Gasteiger partial charge in [0.05, 0.1) is 35.8 Å². The quantitative estimate of drug-likeness (QED) is 0.651. The van der Waals surface area contributed by atoms with Crippen molar-refractivity contribution in [1.82, 2.24) is 9.97 Å². The van der Waals surface area contributed by atoms with Crippen LogP contribution in [0.2, 0.25) is 0 Å². The molecule has 2 fully saturated rings. The average Bonchev–Trinajstić information content (AvgIpc) is 3.44. The molecule has 2 aliphatic carbocycles. The summed E-state index contributed by atoms with van der Waals surface area (Å²) >= 11 is 0. The van der Waals surface area contributed by atoms with Gasteiger partial charge in [0, 0.05) is 12.8 Å². The lowest BCUT2D eigenvalue weighted by Crippen LogP contribution is -2.27. The zero-order valence-corrected chi connectivity index (χ0v) is 19.8. The summed E-state index contributed by atoms with van der Waals surface area (Å²) in [5.74, 6) is -1.46. The number of ether oxygens (including phenoxy) is 4. The van der Waals surface area contributed by atoms with Gasteiger partial charge in [-0.05, 0) is 88.8 Å². The monoisotopic (exact) mass is 436 g/mol. The van der Waals surface area contributed by atoms with Crippen molar-refractivity contribution in [1.29, 1.82) is 0 Å². The van der Waals surface area contributed by atoms with Crippen molar-refractivity contribution in [3.05, 3.63) is 45.8 Å². The Morgan fingerprint density at radius 2 is 1.00 bits per heavy atom. The Kier molecular flexibility index (Phi) is 4.42. The van der Waals surface area contributed by atoms with Gasteiger partial charge in [-0.3, -0.25) is 0 Å². The summed E-state index contributed by atoms with van der Waals surface area (Å²) in [6, 6.07) is 4.30. The predicted molar refractivity (Wildman–Crippen MR) is 119 cm³/mol. The van der Waals surface area contributed by atoms with Crippen LogP contribution in [0.15, 0.2) is 12.1 Å². The first-order chi connectivity index (χ1) is 15.2. The molecule has 4 atom stereocenters. The van der Waals surface area contributed by atoms with E-state index < -0.39 is 11.6 Å². The average molecular weight is 437 g/mol. The summed E-state index contributed by atoms with van der Waals surface area (Å²) in [5, 5.41) is 0. The predicted octanol–water partition coefficient (Wildman–Crippen LogP) is 4.61. The second-order valence-corrected chi connectivity index (χ2v) is 10.1. The van der Waals surface area contributed by atoms with E-state index in [0.29, 0.717) is 0 Å². The topological polar surface area (TPSA) is 62.7 Å². The second-order valence-electron chi connectivity index (χ2n) is 10.1. The van der Waals surface area contributed by atoms with Crippen molar-refractivity contribution in [2.24, 2.45) is 0 Å². The van der Waals surface area contributed by atoms with Crippen LogP contribution in [0.3, 0.4) is 0 Å². The number of rotatable bonds is 1. The minimum Gasteiger partial charge on any atom is -0.339 e. The fourth-order valence-electron chi connectivity index (χ4n) is 5.84. The van der Waals surface area contributed by atoms with Crippen LogP contribution in [0, 0.1) is 13.8 Å². The smallest absolute Gasteiger partial charge is 0.213 e. The number of hydrogen-bond acceptors (Lipinski definition) is 6. The number of pyridine rings is 2. The standard InChI is InChI=1S/C26H32N2O4/c1-13-11-21(27-23-19(13)7-9-25(23)29-15(3)16(4)30-25)22-12-14(2)20-8-10-26(24(20)28-22)31-17(5)18(6)32-26/h11-12,15-18H,7-10H2,1-6H3/t15-,16-,17-,18-/m0/s1. The first-order valence-electron chi connectivity index (χ1n) is 11.9. The number of aromatic nitrogens is 2. The molecule has 2 aromatic rings. The molecule has 4 aliphatic rings. The molecule has 0 unspecified atom stereocenters. The summed E-state index contributed by atoms with van der Waals surface area (Å²) in [4.78, 5) is 10.2. The van der Waals surface area contributed by atoms with Crippen LogP contribution in [0.4, 0.5) is 0 Å². The van der Waals surface area contributed by atoms with Gasteiger partial charge in [0.1, 0.15) is 11.4 Å². The Bertz CT molecular complexity index is 1010. The van der Waals surface area contributed by atoms with E-state index in [1.807, 2.05) is 0 Å². The summed E-state index contributed by atoms with van der Waals surface area (Å²) in [6.45, 7) is 12.6. The van der Waals surface area contributed by atoms with Gasteiger partial charge < -0.3 is 18.9 Å². The number of aryl methyl sites for hydroxylation is 2. The van der Waals surface area contributed by atoms with Crippen LogP contribution in [0.5, 0.6) is 0 Å². The van der Waals surface area contributed by atoms with E-state index in [-0.39, 0.29) is 24.4 Å². The molecule has 6 rings (SSSR count). The Balaban J connectivity index is 1.46. The molecule has 4 heterocycles. The minimum atomic E-state index is -0.732. The van der Waals surface area contributed by atoms with Crippen molar-refractivity contribution in [2.45, 2.75) is 103 Å². The normalized spacial score (nSPS) is 31.6. The number of nitrogens with zero attached hydrogens (tertiary/aromatic N) is 2. The molecule has 2 saturated heterocycles. The van der Waals surface area contributed by atoms with Crippen molar-refractivity contribution in [3.63, 3.8) is 0 Å². The number of fused-ring (bicyclic) bond motifs is 4. The summed E-state index contributed by atoms with van der Waals surface area (Å²) < 4.78 is 25.4. The summed E-state index contributed by atoms with van der Waals surface area (Å²) in [7, 11) is 0. The zero-order valence-electron chi connectivity index (χ0n) is 19.8. The van der Waals surface area contributed by atoms with Crippen LogP contribution >= 0.6 is 0 Å². The van der Waals surface area contributed by atoms with E-state index in [4.69, 9.17) is 28.9 Å². The maximum Gasteiger partial charge on any atom is 0.213 e. The Labute approximate surface area is 189 Å². The van der Waals surface area contributed by atoms with E-state index in [1.54, 1.807) is 0 Å². The van der Waals surface area contributed by atoms with Gasteiger partial charge in [-0.15, -0.1) is 0 Å². The largest absolute Gasteiger partial charge is 0.339 e. The lowest BCUT2D eigenvalue weighted by Gasteiger charge is -2.24. The third kappa shape index (κ3) is 2.79. The van der Waals surface area contributed by atoms with Crippen LogP contribution < -0.4 is 0 Å². The molecule has 2 aromatic heterocycles. The third-order valence-electron chi connectivity index (χ3n) is 7.91. The second kappa shape index (κ2) is 6.83. The molecule has 6 nitrogen and oxygen atoms in total.